The van der Waals surface area contributed by atoms with Crippen molar-refractivity contribution in [2.24, 2.45) is 0 Å². The van der Waals surface area contributed by atoms with Crippen LogP contribution in [0.15, 0.2) is 12.2 Å². The number of rotatable bonds is 6. The van der Waals surface area contributed by atoms with E-state index in [-0.39, 0.29) is 5.97 Å². The van der Waals surface area contributed by atoms with Crippen molar-refractivity contribution >= 4 is 5.97 Å². The van der Waals surface area contributed by atoms with E-state index in [2.05, 4.69) is 11.9 Å². The van der Waals surface area contributed by atoms with Gasteiger partial charge in [0.05, 0.1) is 6.61 Å². The summed E-state index contributed by atoms with van der Waals surface area (Å²) in [4.78, 5) is 11.0. The molecule has 0 rings (SSSR count). The van der Waals surface area contributed by atoms with E-state index in [1.807, 2.05) is 14.0 Å². The molecule has 3 nitrogen and oxygen atoms in total. The summed E-state index contributed by atoms with van der Waals surface area (Å²) in [5, 5.41) is 2.97. The van der Waals surface area contributed by atoms with Gasteiger partial charge in [-0.15, -0.1) is 0 Å². The van der Waals surface area contributed by atoms with Crippen molar-refractivity contribution in [3.63, 3.8) is 0 Å². The van der Waals surface area contributed by atoms with Crippen LogP contribution in [0, 0.1) is 0 Å². The number of ether oxygens (including phenoxy) is 1. The Balaban J connectivity index is 3.38. The molecule has 0 aromatic carbocycles. The second kappa shape index (κ2) is 6.85. The lowest BCUT2D eigenvalue weighted by molar-refractivity contribution is -0.139. The molecule has 0 atom stereocenters. The van der Waals surface area contributed by atoms with Crippen LogP contribution in [0.25, 0.3) is 0 Å². The van der Waals surface area contributed by atoms with Gasteiger partial charge in [0.2, 0.25) is 0 Å². The first-order chi connectivity index (χ1) is 5.72. The lowest BCUT2D eigenvalue weighted by Gasteiger charge is -2.04. The largest absolute Gasteiger partial charge is 0.462 e. The molecule has 1 N–H and O–H groups in total. The lowest BCUT2D eigenvalue weighted by Crippen LogP contribution is -2.13. The lowest BCUT2D eigenvalue weighted by atomic mass is 10.2. The van der Waals surface area contributed by atoms with Crippen LogP contribution >= 0.6 is 0 Å². The fourth-order valence-electron chi connectivity index (χ4n) is 0.660. The van der Waals surface area contributed by atoms with Crippen molar-refractivity contribution in [2.45, 2.75) is 19.8 Å². The van der Waals surface area contributed by atoms with Crippen LogP contribution in [0.4, 0.5) is 0 Å². The summed E-state index contributed by atoms with van der Waals surface area (Å²) in [5.41, 5.74) is 0.541. The van der Waals surface area contributed by atoms with Crippen LogP contribution in [0.3, 0.4) is 0 Å². The Bertz CT molecular complexity index is 155. The van der Waals surface area contributed by atoms with Crippen LogP contribution in [-0.4, -0.2) is 26.2 Å². The van der Waals surface area contributed by atoms with Gasteiger partial charge in [0.1, 0.15) is 0 Å². The van der Waals surface area contributed by atoms with Crippen molar-refractivity contribution < 1.29 is 9.53 Å². The number of hydrogen-bond acceptors (Lipinski definition) is 3. The molecule has 0 fully saturated rings. The predicted molar refractivity (Wildman–Crippen MR) is 48.9 cm³/mol. The van der Waals surface area contributed by atoms with Crippen molar-refractivity contribution in [2.75, 3.05) is 20.2 Å². The molecule has 12 heavy (non-hydrogen) atoms. The molecule has 0 aromatic rings. The second-order valence-corrected chi connectivity index (χ2v) is 2.55. The summed E-state index contributed by atoms with van der Waals surface area (Å²) in [7, 11) is 1.87. The maximum Gasteiger partial charge on any atom is 0.333 e. The van der Waals surface area contributed by atoms with Crippen LogP contribution in [0.2, 0.25) is 0 Å². The van der Waals surface area contributed by atoms with Gasteiger partial charge in [-0.25, -0.2) is 4.79 Å². The molecule has 0 unspecified atom stereocenters. The number of nitrogens with one attached hydrogen (secondary N) is 1. The van der Waals surface area contributed by atoms with Gasteiger partial charge in [-0.2, -0.15) is 0 Å². The average Bonchev–Trinajstić information content (AvgIpc) is 2.10. The molecule has 70 valence electrons. The van der Waals surface area contributed by atoms with Crippen molar-refractivity contribution in [3.05, 3.63) is 12.2 Å². The van der Waals surface area contributed by atoms with Crippen molar-refractivity contribution in [3.8, 4) is 0 Å². The van der Waals surface area contributed by atoms with E-state index in [0.717, 1.165) is 13.0 Å². The molecule has 0 heterocycles. The minimum atomic E-state index is -0.270. The first-order valence-electron chi connectivity index (χ1n) is 4.21. The molecule has 0 amide bonds. The van der Waals surface area contributed by atoms with Gasteiger partial charge in [-0.1, -0.05) is 13.5 Å². The highest BCUT2D eigenvalue weighted by Gasteiger charge is 2.04. The third-order valence-electron chi connectivity index (χ3n) is 1.52. The maximum absolute atomic E-state index is 11.0. The van der Waals surface area contributed by atoms with Crippen molar-refractivity contribution in [1.29, 1.82) is 0 Å². The number of carbonyl (C=O) groups excluding carboxylic acids is 1. The first-order valence-corrected chi connectivity index (χ1v) is 4.21. The standard InChI is InChI=1S/C9H17NO2/c1-4-8(2)9(11)12-7-5-6-10-3/h10H,2,4-7H2,1,3H3. The highest BCUT2D eigenvalue weighted by Crippen LogP contribution is 1.99. The molecular weight excluding hydrogens is 154 g/mol. The minimum Gasteiger partial charge on any atom is -0.462 e. The summed E-state index contributed by atoms with van der Waals surface area (Å²) >= 11 is 0. The Morgan fingerprint density at radius 3 is 2.75 bits per heavy atom. The van der Waals surface area contributed by atoms with E-state index < -0.39 is 0 Å². The maximum atomic E-state index is 11.0. The summed E-state index contributed by atoms with van der Waals surface area (Å²) in [6.45, 7) is 6.81. The summed E-state index contributed by atoms with van der Waals surface area (Å²) in [5.74, 6) is -0.270. The molecule has 0 aliphatic carbocycles. The van der Waals surface area contributed by atoms with E-state index >= 15 is 0 Å². The quantitative estimate of drug-likeness (QED) is 0.369. The Morgan fingerprint density at radius 1 is 1.58 bits per heavy atom. The third kappa shape index (κ3) is 4.91. The molecule has 0 saturated heterocycles. The molecule has 0 aliphatic heterocycles. The van der Waals surface area contributed by atoms with E-state index in [9.17, 15) is 4.79 Å². The summed E-state index contributed by atoms with van der Waals surface area (Å²) in [6, 6.07) is 0. The van der Waals surface area contributed by atoms with Gasteiger partial charge >= 0.3 is 5.97 Å². The van der Waals surface area contributed by atoms with Gasteiger partial charge in [0, 0.05) is 5.57 Å². The molecule has 0 bridgehead atoms. The molecular formula is C9H17NO2. The highest BCUT2D eigenvalue weighted by atomic mass is 16.5. The van der Waals surface area contributed by atoms with Crippen LogP contribution in [-0.2, 0) is 9.53 Å². The van der Waals surface area contributed by atoms with Crippen LogP contribution in [0.1, 0.15) is 19.8 Å². The van der Waals surface area contributed by atoms with E-state index in [1.54, 1.807) is 0 Å². The Morgan fingerprint density at radius 2 is 2.25 bits per heavy atom. The van der Waals surface area contributed by atoms with E-state index in [4.69, 9.17) is 4.74 Å². The Kier molecular flexibility index (Phi) is 6.38. The number of carbonyl (C=O) groups is 1. The van der Waals surface area contributed by atoms with Gasteiger partial charge in [0.15, 0.2) is 0 Å². The number of esters is 1. The molecule has 0 spiro atoms. The molecule has 0 radical (unpaired) electrons. The van der Waals surface area contributed by atoms with Crippen LogP contribution < -0.4 is 5.32 Å². The molecule has 0 saturated carbocycles. The normalized spacial score (nSPS) is 9.50. The summed E-state index contributed by atoms with van der Waals surface area (Å²) in [6.07, 6.45) is 1.50. The van der Waals surface area contributed by atoms with Gasteiger partial charge in [0.25, 0.3) is 0 Å². The molecule has 3 heteroatoms. The van der Waals surface area contributed by atoms with Crippen LogP contribution in [0.5, 0.6) is 0 Å². The smallest absolute Gasteiger partial charge is 0.333 e. The monoisotopic (exact) mass is 171 g/mol. The fourth-order valence-corrected chi connectivity index (χ4v) is 0.660. The zero-order chi connectivity index (χ0) is 9.40. The van der Waals surface area contributed by atoms with E-state index in [1.165, 1.54) is 0 Å². The van der Waals surface area contributed by atoms with Crippen molar-refractivity contribution in [1.82, 2.24) is 5.32 Å². The predicted octanol–water partition coefficient (Wildman–Crippen LogP) is 1.11. The zero-order valence-electron chi connectivity index (χ0n) is 7.85. The van der Waals surface area contributed by atoms with E-state index in [0.29, 0.717) is 18.6 Å². The van der Waals surface area contributed by atoms with Gasteiger partial charge < -0.3 is 10.1 Å². The molecule has 0 aliphatic rings. The van der Waals surface area contributed by atoms with Gasteiger partial charge in [-0.05, 0) is 26.4 Å². The molecule has 0 aromatic heterocycles. The second-order valence-electron chi connectivity index (χ2n) is 2.55. The zero-order valence-corrected chi connectivity index (χ0v) is 7.85. The fraction of sp³-hybridized carbons (Fsp3) is 0.667. The Labute approximate surface area is 73.8 Å². The average molecular weight is 171 g/mol. The third-order valence-corrected chi connectivity index (χ3v) is 1.52. The first kappa shape index (κ1) is 11.2. The number of hydrogen-bond donors (Lipinski definition) is 1. The minimum absolute atomic E-state index is 0.270. The highest BCUT2D eigenvalue weighted by molar-refractivity contribution is 5.87. The topological polar surface area (TPSA) is 38.3 Å². The SMILES string of the molecule is C=C(CC)C(=O)OCCCNC. The summed E-state index contributed by atoms with van der Waals surface area (Å²) < 4.78 is 4.92. The Hall–Kier alpha value is -0.830. The van der Waals surface area contributed by atoms with Gasteiger partial charge in [-0.3, -0.25) is 0 Å².